The van der Waals surface area contributed by atoms with Gasteiger partial charge in [0.2, 0.25) is 0 Å². The van der Waals surface area contributed by atoms with Gasteiger partial charge in [-0.15, -0.1) is 0 Å². The standard InChI is InChI=1S/C16H15N3O4/c1-22-15(20)7-14(16(21)23-2)19-13-6-4-3-5-12(13)11-8-17-10-18-9-11/h3-10,19H,1-2H3/b14-7+. The zero-order valence-electron chi connectivity index (χ0n) is 12.6. The molecule has 0 aliphatic heterocycles. The van der Waals surface area contributed by atoms with Crippen LogP contribution in [0.1, 0.15) is 0 Å². The number of hydrogen-bond donors (Lipinski definition) is 1. The molecule has 0 amide bonds. The molecule has 7 heteroatoms. The van der Waals surface area contributed by atoms with Crippen LogP contribution < -0.4 is 5.32 Å². The van der Waals surface area contributed by atoms with Crippen LogP contribution >= 0.6 is 0 Å². The van der Waals surface area contributed by atoms with E-state index in [0.717, 1.165) is 17.2 Å². The van der Waals surface area contributed by atoms with Crippen LogP contribution in [0.2, 0.25) is 0 Å². The second-order valence-electron chi connectivity index (χ2n) is 4.37. The van der Waals surface area contributed by atoms with E-state index in [0.29, 0.717) is 5.69 Å². The molecule has 23 heavy (non-hydrogen) atoms. The van der Waals surface area contributed by atoms with Gasteiger partial charge in [-0.2, -0.15) is 0 Å². The zero-order valence-corrected chi connectivity index (χ0v) is 12.6. The Morgan fingerprint density at radius 3 is 2.43 bits per heavy atom. The minimum absolute atomic E-state index is 0.0383. The van der Waals surface area contributed by atoms with Crippen molar-refractivity contribution in [1.29, 1.82) is 0 Å². The molecule has 1 N–H and O–H groups in total. The molecule has 0 bridgehead atoms. The van der Waals surface area contributed by atoms with E-state index in [9.17, 15) is 9.59 Å². The Hall–Kier alpha value is -3.22. The fourth-order valence-electron chi connectivity index (χ4n) is 1.86. The van der Waals surface area contributed by atoms with Gasteiger partial charge in [-0.3, -0.25) is 0 Å². The van der Waals surface area contributed by atoms with Crippen LogP contribution in [0.3, 0.4) is 0 Å². The first-order valence-electron chi connectivity index (χ1n) is 6.65. The lowest BCUT2D eigenvalue weighted by atomic mass is 10.1. The van der Waals surface area contributed by atoms with Gasteiger partial charge in [0, 0.05) is 29.2 Å². The highest BCUT2D eigenvalue weighted by atomic mass is 16.5. The summed E-state index contributed by atoms with van der Waals surface area (Å²) in [5, 5.41) is 2.89. The van der Waals surface area contributed by atoms with Gasteiger partial charge in [-0.05, 0) is 6.07 Å². The third-order valence-electron chi connectivity index (χ3n) is 2.94. The molecule has 1 aromatic carbocycles. The van der Waals surface area contributed by atoms with Crippen LogP contribution in [-0.2, 0) is 19.1 Å². The second kappa shape index (κ2) is 7.69. The molecular formula is C16H15N3O4. The molecule has 7 nitrogen and oxygen atoms in total. The first-order valence-corrected chi connectivity index (χ1v) is 6.65. The number of ether oxygens (including phenoxy) is 2. The number of benzene rings is 1. The molecule has 2 rings (SSSR count). The van der Waals surface area contributed by atoms with Crippen LogP contribution in [0, 0.1) is 0 Å². The average Bonchev–Trinajstić information content (AvgIpc) is 2.61. The number of carbonyl (C=O) groups is 2. The number of hydrogen-bond acceptors (Lipinski definition) is 7. The highest BCUT2D eigenvalue weighted by Crippen LogP contribution is 2.27. The highest BCUT2D eigenvalue weighted by Gasteiger charge is 2.15. The van der Waals surface area contributed by atoms with Gasteiger partial charge in [0.1, 0.15) is 12.0 Å². The topological polar surface area (TPSA) is 90.4 Å². The molecule has 0 radical (unpaired) electrons. The molecule has 0 spiro atoms. The molecule has 118 valence electrons. The van der Waals surface area contributed by atoms with Crippen LogP contribution in [0.15, 0.2) is 54.8 Å². The van der Waals surface area contributed by atoms with Gasteiger partial charge in [0.15, 0.2) is 0 Å². The molecule has 0 fully saturated rings. The van der Waals surface area contributed by atoms with E-state index in [4.69, 9.17) is 0 Å². The third-order valence-corrected chi connectivity index (χ3v) is 2.94. The Balaban J connectivity index is 2.40. The van der Waals surface area contributed by atoms with Gasteiger partial charge in [-0.25, -0.2) is 19.6 Å². The van der Waals surface area contributed by atoms with Crippen molar-refractivity contribution in [2.75, 3.05) is 19.5 Å². The zero-order chi connectivity index (χ0) is 16.7. The molecule has 1 heterocycles. The molecule has 0 atom stereocenters. The SMILES string of the molecule is COC(=O)/C=C(/Nc1ccccc1-c1cncnc1)C(=O)OC. The van der Waals surface area contributed by atoms with E-state index >= 15 is 0 Å². The maximum absolute atomic E-state index is 11.8. The number of carbonyl (C=O) groups excluding carboxylic acids is 2. The Labute approximate surface area is 133 Å². The number of rotatable bonds is 5. The first-order chi connectivity index (χ1) is 11.2. The van der Waals surface area contributed by atoms with Gasteiger partial charge in [-0.1, -0.05) is 18.2 Å². The lowest BCUT2D eigenvalue weighted by Crippen LogP contribution is -2.15. The minimum Gasteiger partial charge on any atom is -0.466 e. The highest BCUT2D eigenvalue weighted by molar-refractivity contribution is 5.99. The molecule has 0 saturated heterocycles. The molecule has 0 aliphatic carbocycles. The molecule has 1 aromatic heterocycles. The summed E-state index contributed by atoms with van der Waals surface area (Å²) in [5.74, 6) is -1.35. The maximum Gasteiger partial charge on any atom is 0.354 e. The minimum atomic E-state index is -0.686. The Kier molecular flexibility index (Phi) is 5.40. The monoisotopic (exact) mass is 313 g/mol. The van der Waals surface area contributed by atoms with Crippen LogP contribution in [0.4, 0.5) is 5.69 Å². The number of para-hydroxylation sites is 1. The van der Waals surface area contributed by atoms with Crippen molar-refractivity contribution in [2.45, 2.75) is 0 Å². The quantitative estimate of drug-likeness (QED) is 0.664. The molecule has 0 saturated carbocycles. The average molecular weight is 313 g/mol. The third kappa shape index (κ3) is 4.13. The van der Waals surface area contributed by atoms with E-state index in [2.05, 4.69) is 24.8 Å². The summed E-state index contributed by atoms with van der Waals surface area (Å²) in [5.41, 5.74) is 2.09. The van der Waals surface area contributed by atoms with Crippen molar-refractivity contribution >= 4 is 17.6 Å². The second-order valence-corrected chi connectivity index (χ2v) is 4.37. The largest absolute Gasteiger partial charge is 0.466 e. The van der Waals surface area contributed by atoms with Crippen LogP contribution in [-0.4, -0.2) is 36.1 Å². The predicted molar refractivity (Wildman–Crippen MR) is 83.2 cm³/mol. The fourth-order valence-corrected chi connectivity index (χ4v) is 1.86. The summed E-state index contributed by atoms with van der Waals surface area (Å²) < 4.78 is 9.22. The van der Waals surface area contributed by atoms with E-state index in [1.54, 1.807) is 24.5 Å². The Morgan fingerprint density at radius 1 is 1.09 bits per heavy atom. The lowest BCUT2D eigenvalue weighted by molar-refractivity contribution is -0.138. The normalized spacial score (nSPS) is 10.8. The van der Waals surface area contributed by atoms with Crippen LogP contribution in [0.5, 0.6) is 0 Å². The van der Waals surface area contributed by atoms with E-state index in [-0.39, 0.29) is 5.70 Å². The lowest BCUT2D eigenvalue weighted by Gasteiger charge is -2.13. The summed E-state index contributed by atoms with van der Waals surface area (Å²) in [7, 11) is 2.45. The van der Waals surface area contributed by atoms with E-state index in [1.807, 2.05) is 12.1 Å². The molecule has 0 unspecified atom stereocenters. The summed E-state index contributed by atoms with van der Waals surface area (Å²) in [6.45, 7) is 0. The maximum atomic E-state index is 11.8. The molecular weight excluding hydrogens is 298 g/mol. The smallest absolute Gasteiger partial charge is 0.354 e. The van der Waals surface area contributed by atoms with Crippen molar-refractivity contribution in [3.05, 3.63) is 54.8 Å². The predicted octanol–water partition coefficient (Wildman–Crippen LogP) is 1.79. The van der Waals surface area contributed by atoms with Gasteiger partial charge in [0.05, 0.1) is 20.3 Å². The van der Waals surface area contributed by atoms with Gasteiger partial charge >= 0.3 is 11.9 Å². The Bertz CT molecular complexity index is 729. The summed E-state index contributed by atoms with van der Waals surface area (Å²) in [6, 6.07) is 7.24. The van der Waals surface area contributed by atoms with E-state index < -0.39 is 11.9 Å². The van der Waals surface area contributed by atoms with Crippen molar-refractivity contribution in [3.8, 4) is 11.1 Å². The summed E-state index contributed by atoms with van der Waals surface area (Å²) in [4.78, 5) is 31.2. The van der Waals surface area contributed by atoms with Crippen molar-refractivity contribution in [2.24, 2.45) is 0 Å². The van der Waals surface area contributed by atoms with Crippen LogP contribution in [0.25, 0.3) is 11.1 Å². The molecule has 0 aliphatic rings. The fraction of sp³-hybridized carbons (Fsp3) is 0.125. The van der Waals surface area contributed by atoms with E-state index in [1.165, 1.54) is 20.5 Å². The van der Waals surface area contributed by atoms with Gasteiger partial charge in [0.25, 0.3) is 0 Å². The first kappa shape index (κ1) is 16.2. The summed E-state index contributed by atoms with van der Waals surface area (Å²) >= 11 is 0. The number of anilines is 1. The Morgan fingerprint density at radius 2 is 1.78 bits per heavy atom. The number of nitrogens with zero attached hydrogens (tertiary/aromatic N) is 2. The molecule has 2 aromatic rings. The van der Waals surface area contributed by atoms with Crippen molar-refractivity contribution in [1.82, 2.24) is 9.97 Å². The summed E-state index contributed by atoms with van der Waals surface area (Å²) in [6.07, 6.45) is 5.76. The van der Waals surface area contributed by atoms with Crippen molar-refractivity contribution < 1.29 is 19.1 Å². The van der Waals surface area contributed by atoms with Gasteiger partial charge < -0.3 is 14.8 Å². The number of nitrogens with one attached hydrogen (secondary N) is 1. The number of esters is 2. The van der Waals surface area contributed by atoms with Crippen molar-refractivity contribution in [3.63, 3.8) is 0 Å². The number of aromatic nitrogens is 2. The number of methoxy groups -OCH3 is 2.